The molecule has 0 aliphatic carbocycles. The Balaban J connectivity index is 1.62. The van der Waals surface area contributed by atoms with Gasteiger partial charge in [-0.15, -0.1) is 0 Å². The summed E-state index contributed by atoms with van der Waals surface area (Å²) in [5.74, 6) is 0.254. The second-order valence-corrected chi connectivity index (χ2v) is 6.50. The van der Waals surface area contributed by atoms with Gasteiger partial charge in [0, 0.05) is 31.7 Å². The van der Waals surface area contributed by atoms with Gasteiger partial charge in [-0.3, -0.25) is 4.79 Å². The summed E-state index contributed by atoms with van der Waals surface area (Å²) in [4.78, 5) is 14.6. The fraction of sp³-hybridized carbons (Fsp3) is 0.933. The largest absolute Gasteiger partial charge is 0.368 e. The maximum atomic E-state index is 12.6. The smallest absolute Gasteiger partial charge is 0.251 e. The molecule has 2 unspecified atom stereocenters. The third-order valence-corrected chi connectivity index (χ3v) is 4.99. The topological polar surface area (TPSA) is 41.6 Å². The highest BCUT2D eigenvalue weighted by atomic mass is 16.5. The number of carbonyl (C=O) groups excluding carboxylic acids is 1. The first-order valence-corrected chi connectivity index (χ1v) is 7.90. The number of piperidine rings is 2. The van der Waals surface area contributed by atoms with E-state index in [2.05, 4.69) is 10.2 Å². The minimum atomic E-state index is -0.152. The molecule has 3 fully saturated rings. The highest BCUT2D eigenvalue weighted by Gasteiger charge is 2.39. The van der Waals surface area contributed by atoms with Gasteiger partial charge in [0.25, 0.3) is 5.91 Å². The number of nitrogens with zero attached hydrogens (tertiary/aromatic N) is 1. The number of nitrogens with one attached hydrogen (secondary N) is 1. The molecule has 3 rings (SSSR count). The monoisotopic (exact) mass is 266 g/mol. The zero-order chi connectivity index (χ0) is 13.1. The van der Waals surface area contributed by atoms with Crippen molar-refractivity contribution in [3.63, 3.8) is 0 Å². The molecule has 3 heterocycles. The van der Waals surface area contributed by atoms with Crippen LogP contribution in [0.2, 0.25) is 0 Å². The molecule has 0 aromatic rings. The SMILES string of the molecule is O=C(C1CCCCO1)N1CCCC2(CCCNC2)C1. The zero-order valence-electron chi connectivity index (χ0n) is 11.8. The lowest BCUT2D eigenvalue weighted by Crippen LogP contribution is -2.54. The molecule has 0 aromatic carbocycles. The van der Waals surface area contributed by atoms with Crippen molar-refractivity contribution in [1.82, 2.24) is 10.2 Å². The summed E-state index contributed by atoms with van der Waals surface area (Å²) in [6.07, 6.45) is 7.96. The first-order chi connectivity index (χ1) is 9.29. The van der Waals surface area contributed by atoms with Crippen molar-refractivity contribution in [2.75, 3.05) is 32.8 Å². The van der Waals surface area contributed by atoms with Gasteiger partial charge in [0.2, 0.25) is 0 Å². The molecule has 0 aromatic heterocycles. The minimum absolute atomic E-state index is 0.152. The van der Waals surface area contributed by atoms with E-state index >= 15 is 0 Å². The van der Waals surface area contributed by atoms with Gasteiger partial charge in [-0.1, -0.05) is 0 Å². The van der Waals surface area contributed by atoms with Crippen LogP contribution < -0.4 is 5.32 Å². The van der Waals surface area contributed by atoms with Gasteiger partial charge in [-0.2, -0.15) is 0 Å². The van der Waals surface area contributed by atoms with E-state index in [1.165, 1.54) is 19.3 Å². The molecule has 0 bridgehead atoms. The van der Waals surface area contributed by atoms with Gasteiger partial charge in [0.1, 0.15) is 6.10 Å². The fourth-order valence-electron chi connectivity index (χ4n) is 3.91. The van der Waals surface area contributed by atoms with Crippen LogP contribution in [0.4, 0.5) is 0 Å². The Labute approximate surface area is 115 Å². The van der Waals surface area contributed by atoms with Crippen LogP contribution in [0.15, 0.2) is 0 Å². The Morgan fingerprint density at radius 1 is 1.21 bits per heavy atom. The molecule has 3 saturated heterocycles. The van der Waals surface area contributed by atoms with Crippen molar-refractivity contribution >= 4 is 5.91 Å². The van der Waals surface area contributed by atoms with E-state index in [9.17, 15) is 4.79 Å². The van der Waals surface area contributed by atoms with Crippen molar-refractivity contribution in [2.24, 2.45) is 5.41 Å². The van der Waals surface area contributed by atoms with Crippen LogP contribution in [-0.2, 0) is 9.53 Å². The Hall–Kier alpha value is -0.610. The van der Waals surface area contributed by atoms with Gasteiger partial charge >= 0.3 is 0 Å². The van der Waals surface area contributed by atoms with E-state index in [4.69, 9.17) is 4.74 Å². The Bertz CT molecular complexity index is 315. The number of amides is 1. The summed E-state index contributed by atoms with van der Waals surface area (Å²) in [6, 6.07) is 0. The molecule has 4 heteroatoms. The summed E-state index contributed by atoms with van der Waals surface area (Å²) in [5, 5.41) is 3.52. The molecule has 3 aliphatic heterocycles. The number of rotatable bonds is 1. The van der Waals surface area contributed by atoms with Crippen molar-refractivity contribution < 1.29 is 9.53 Å². The van der Waals surface area contributed by atoms with E-state index in [0.717, 1.165) is 58.5 Å². The van der Waals surface area contributed by atoms with Gasteiger partial charge < -0.3 is 15.0 Å². The standard InChI is InChI=1S/C15H26N2O2/c18-14(13-5-1-2-10-19-13)17-9-4-7-15(12-17)6-3-8-16-11-15/h13,16H,1-12H2. The molecule has 19 heavy (non-hydrogen) atoms. The molecule has 1 spiro atoms. The number of hydrogen-bond acceptors (Lipinski definition) is 3. The lowest BCUT2D eigenvalue weighted by molar-refractivity contribution is -0.150. The fourth-order valence-corrected chi connectivity index (χ4v) is 3.91. The van der Waals surface area contributed by atoms with Crippen LogP contribution in [-0.4, -0.2) is 49.7 Å². The average Bonchev–Trinajstić information content (AvgIpc) is 2.48. The van der Waals surface area contributed by atoms with Crippen molar-refractivity contribution in [3.8, 4) is 0 Å². The summed E-state index contributed by atoms with van der Waals surface area (Å²) in [7, 11) is 0. The predicted molar refractivity (Wildman–Crippen MR) is 73.9 cm³/mol. The molecule has 1 amide bonds. The quantitative estimate of drug-likeness (QED) is 0.783. The van der Waals surface area contributed by atoms with Crippen LogP contribution in [0.5, 0.6) is 0 Å². The van der Waals surface area contributed by atoms with E-state index in [1.807, 2.05) is 0 Å². The van der Waals surface area contributed by atoms with E-state index in [-0.39, 0.29) is 12.0 Å². The average molecular weight is 266 g/mol. The molecule has 1 N–H and O–H groups in total. The molecular weight excluding hydrogens is 240 g/mol. The zero-order valence-corrected chi connectivity index (χ0v) is 11.8. The van der Waals surface area contributed by atoms with Gasteiger partial charge in [0.15, 0.2) is 0 Å². The molecule has 2 atom stereocenters. The second-order valence-electron chi connectivity index (χ2n) is 6.50. The third-order valence-electron chi connectivity index (χ3n) is 4.99. The highest BCUT2D eigenvalue weighted by molar-refractivity contribution is 5.81. The van der Waals surface area contributed by atoms with E-state index < -0.39 is 0 Å². The predicted octanol–water partition coefficient (Wildman–Crippen LogP) is 1.55. The lowest BCUT2D eigenvalue weighted by atomic mass is 9.74. The molecule has 108 valence electrons. The van der Waals surface area contributed by atoms with E-state index in [0.29, 0.717) is 5.41 Å². The van der Waals surface area contributed by atoms with Crippen LogP contribution in [0.3, 0.4) is 0 Å². The molecule has 0 radical (unpaired) electrons. The normalized spacial score (nSPS) is 36.4. The molecule has 0 saturated carbocycles. The van der Waals surface area contributed by atoms with Gasteiger partial charge in [0.05, 0.1) is 0 Å². The second kappa shape index (κ2) is 5.80. The van der Waals surface area contributed by atoms with Gasteiger partial charge in [-0.25, -0.2) is 0 Å². The summed E-state index contributed by atoms with van der Waals surface area (Å²) in [6.45, 7) is 4.86. The first kappa shape index (κ1) is 13.4. The number of ether oxygens (including phenoxy) is 1. The Kier molecular flexibility index (Phi) is 4.08. The lowest BCUT2D eigenvalue weighted by Gasteiger charge is -2.46. The third kappa shape index (κ3) is 2.95. The number of likely N-dealkylation sites (tertiary alicyclic amines) is 1. The Morgan fingerprint density at radius 2 is 2.11 bits per heavy atom. The summed E-state index contributed by atoms with van der Waals surface area (Å²) in [5.41, 5.74) is 0.348. The van der Waals surface area contributed by atoms with Crippen LogP contribution >= 0.6 is 0 Å². The van der Waals surface area contributed by atoms with Crippen molar-refractivity contribution in [3.05, 3.63) is 0 Å². The van der Waals surface area contributed by atoms with Crippen molar-refractivity contribution in [1.29, 1.82) is 0 Å². The van der Waals surface area contributed by atoms with Crippen LogP contribution in [0.1, 0.15) is 44.9 Å². The Morgan fingerprint density at radius 3 is 2.84 bits per heavy atom. The summed E-state index contributed by atoms with van der Waals surface area (Å²) >= 11 is 0. The summed E-state index contributed by atoms with van der Waals surface area (Å²) < 4.78 is 5.66. The highest BCUT2D eigenvalue weighted by Crippen LogP contribution is 2.36. The molecule has 3 aliphatic rings. The maximum Gasteiger partial charge on any atom is 0.251 e. The maximum absolute atomic E-state index is 12.6. The number of hydrogen-bond donors (Lipinski definition) is 1. The van der Waals surface area contributed by atoms with E-state index in [1.54, 1.807) is 0 Å². The number of carbonyl (C=O) groups is 1. The van der Waals surface area contributed by atoms with Crippen LogP contribution in [0.25, 0.3) is 0 Å². The van der Waals surface area contributed by atoms with Gasteiger partial charge in [-0.05, 0) is 51.5 Å². The molecule has 4 nitrogen and oxygen atoms in total. The van der Waals surface area contributed by atoms with Crippen molar-refractivity contribution in [2.45, 2.75) is 51.0 Å². The van der Waals surface area contributed by atoms with Crippen LogP contribution in [0, 0.1) is 5.41 Å². The minimum Gasteiger partial charge on any atom is -0.368 e. The molecular formula is C15H26N2O2. The first-order valence-electron chi connectivity index (χ1n) is 7.90.